The number of fused-ring (bicyclic) bond motifs is 3. The van der Waals surface area contributed by atoms with Gasteiger partial charge in [0.05, 0.1) is 17.1 Å². The Labute approximate surface area is 451 Å². The number of nitrogens with one attached hydrogen (secondary N) is 3. The van der Waals surface area contributed by atoms with Crippen LogP contribution in [0.25, 0.3) is 18.2 Å². The Balaban J connectivity index is 0.000000128. The van der Waals surface area contributed by atoms with Crippen molar-refractivity contribution < 1.29 is 14.4 Å². The topological polar surface area (TPSA) is 174 Å². The van der Waals surface area contributed by atoms with Gasteiger partial charge in [0.1, 0.15) is 0 Å². The summed E-state index contributed by atoms with van der Waals surface area (Å²) in [5, 5.41) is 10.4. The molecule has 3 N–H and O–H groups in total. The van der Waals surface area contributed by atoms with Gasteiger partial charge < -0.3 is 16.0 Å². The number of carbonyl (C=O) groups is 3. The number of likely N-dealkylation sites (tertiary alicyclic amines) is 3. The number of hydrogen-bond acceptors (Lipinski definition) is 15. The lowest BCUT2D eigenvalue weighted by molar-refractivity contribution is -0.115. The molecule has 0 radical (unpaired) electrons. The van der Waals surface area contributed by atoms with E-state index in [1.165, 1.54) is 107 Å². The summed E-state index contributed by atoms with van der Waals surface area (Å²) < 4.78 is 0. The molecule has 3 aliphatic carbocycles. The highest BCUT2D eigenvalue weighted by atomic mass is 32.1. The number of aromatic nitrogens is 6. The third-order valence-corrected chi connectivity index (χ3v) is 17.4. The number of rotatable bonds is 12. The first-order valence-electron chi connectivity index (χ1n) is 26.3. The number of anilines is 3. The molecule has 0 spiro atoms. The molecule has 75 heavy (non-hydrogen) atoms. The van der Waals surface area contributed by atoms with Crippen LogP contribution in [-0.2, 0) is 53.3 Å². The van der Waals surface area contributed by atoms with Crippen LogP contribution in [0.15, 0.2) is 90.3 Å². The summed E-state index contributed by atoms with van der Waals surface area (Å²) in [6, 6.07) is 12.6. The lowest BCUT2D eigenvalue weighted by atomic mass is 9.89. The van der Waals surface area contributed by atoms with Crippen molar-refractivity contribution in [3.63, 3.8) is 0 Å². The summed E-state index contributed by atoms with van der Waals surface area (Å²) in [4.78, 5) is 70.8. The zero-order valence-corrected chi connectivity index (χ0v) is 45.5. The Hall–Kier alpha value is -6.15. The van der Waals surface area contributed by atoms with E-state index < -0.39 is 0 Å². The maximum absolute atomic E-state index is 11.1. The Bertz CT molecular complexity index is 2760. The molecule has 15 nitrogen and oxygen atoms in total. The Kier molecular flexibility index (Phi) is 17.2. The second-order valence-electron chi connectivity index (χ2n) is 20.5. The second-order valence-corrected chi connectivity index (χ2v) is 23.8. The fraction of sp³-hybridized carbons (Fsp3) is 0.421. The van der Waals surface area contributed by atoms with E-state index in [4.69, 9.17) is 0 Å². The zero-order valence-electron chi connectivity index (χ0n) is 43.1. The quantitative estimate of drug-likeness (QED) is 0.106. The molecule has 0 aromatic carbocycles. The molecule has 0 bridgehead atoms. The van der Waals surface area contributed by atoms with Gasteiger partial charge in [-0.3, -0.25) is 44.0 Å². The van der Waals surface area contributed by atoms with Crippen LogP contribution in [0.2, 0.25) is 0 Å². The molecule has 12 rings (SSSR count). The lowest BCUT2D eigenvalue weighted by Crippen LogP contribution is -2.35. The van der Waals surface area contributed by atoms with Gasteiger partial charge in [-0.2, -0.15) is 0 Å². The zero-order chi connectivity index (χ0) is 51.7. The van der Waals surface area contributed by atoms with Gasteiger partial charge >= 0.3 is 0 Å². The molecule has 3 fully saturated rings. The SMILES string of the molecule is CC(=O)Nc1ncc(CN2CCCC(C3=Cc4ncccc4C3)C2)s1.CC(=O)Nc1ncc(CN2CCCC(C3=Cc4ncccc4C3)C2)s1.CC(=O)Nc1ncc(CN2CCCC(C3=Cc4ncccc4C3)C2)s1. The minimum absolute atomic E-state index is 0.0692. The number of pyridine rings is 3. The predicted molar refractivity (Wildman–Crippen MR) is 301 cm³/mol. The Morgan fingerprint density at radius 1 is 0.480 bits per heavy atom. The normalized spacial score (nSPS) is 20.2. The summed E-state index contributed by atoms with van der Waals surface area (Å²) in [6.45, 7) is 13.9. The van der Waals surface area contributed by atoms with E-state index in [-0.39, 0.29) is 17.7 Å². The van der Waals surface area contributed by atoms with Gasteiger partial charge in [0.15, 0.2) is 15.4 Å². The van der Waals surface area contributed by atoms with Crippen LogP contribution in [0.3, 0.4) is 0 Å². The van der Waals surface area contributed by atoms with Gasteiger partial charge in [-0.15, -0.1) is 34.0 Å². The fourth-order valence-corrected chi connectivity index (χ4v) is 14.0. The summed E-state index contributed by atoms with van der Waals surface area (Å²) >= 11 is 4.71. The van der Waals surface area contributed by atoms with Crippen molar-refractivity contribution in [2.24, 2.45) is 17.8 Å². The summed E-state index contributed by atoms with van der Waals surface area (Å²) in [5.74, 6) is 1.64. The lowest BCUT2D eigenvalue weighted by Gasteiger charge is -2.33. The van der Waals surface area contributed by atoms with Gasteiger partial charge in [-0.05, 0) is 148 Å². The molecule has 3 amide bonds. The number of hydrogen-bond donors (Lipinski definition) is 3. The maximum atomic E-state index is 11.1. The molecular formula is C57H66N12O3S3. The van der Waals surface area contributed by atoms with Crippen LogP contribution in [-0.4, -0.2) is 102 Å². The number of nitrogens with zero attached hydrogens (tertiary/aromatic N) is 9. The molecule has 0 saturated carbocycles. The molecule has 3 aliphatic heterocycles. The molecule has 9 heterocycles. The molecular weight excluding hydrogens is 997 g/mol. The highest BCUT2D eigenvalue weighted by molar-refractivity contribution is 7.16. The van der Waals surface area contributed by atoms with Crippen molar-refractivity contribution in [3.8, 4) is 0 Å². The summed E-state index contributed by atoms with van der Waals surface area (Å²) in [5.41, 5.74) is 12.1. The standard InChI is InChI=1S/3C19H22N4OS/c3*1-13(24)22-19-21-10-17(25-19)12-23-7-3-5-15(11-23)16-8-14-4-2-6-20-18(14)9-16/h3*2,4,6,9-10,15H,3,5,7-8,11-12H2,1H3,(H,21,22,24). The molecule has 3 saturated heterocycles. The highest BCUT2D eigenvalue weighted by Gasteiger charge is 2.30. The first-order chi connectivity index (χ1) is 36.5. The van der Waals surface area contributed by atoms with Crippen LogP contribution in [0, 0.1) is 17.8 Å². The van der Waals surface area contributed by atoms with Crippen molar-refractivity contribution in [2.45, 2.75) is 98.2 Å². The summed E-state index contributed by atoms with van der Waals surface area (Å²) in [7, 11) is 0. The van der Waals surface area contributed by atoms with Crippen LogP contribution in [0.5, 0.6) is 0 Å². The van der Waals surface area contributed by atoms with Gasteiger partial charge in [0.25, 0.3) is 0 Å². The Morgan fingerprint density at radius 2 is 0.787 bits per heavy atom. The van der Waals surface area contributed by atoms with E-state index in [1.807, 2.05) is 55.4 Å². The van der Waals surface area contributed by atoms with E-state index in [9.17, 15) is 14.4 Å². The van der Waals surface area contributed by atoms with Gasteiger partial charge in [-0.25, -0.2) is 15.0 Å². The Morgan fingerprint density at radius 3 is 1.07 bits per heavy atom. The maximum Gasteiger partial charge on any atom is 0.223 e. The molecule has 18 heteroatoms. The average molecular weight is 1060 g/mol. The average Bonchev–Trinajstić information content (AvgIpc) is 4.28. The first-order valence-corrected chi connectivity index (χ1v) is 28.7. The third-order valence-electron chi connectivity index (χ3n) is 14.7. The van der Waals surface area contributed by atoms with Crippen molar-refractivity contribution in [2.75, 3.05) is 55.2 Å². The monoisotopic (exact) mass is 1060 g/mol. The van der Waals surface area contributed by atoms with Gasteiger partial charge in [0.2, 0.25) is 17.7 Å². The summed E-state index contributed by atoms with van der Waals surface area (Å²) in [6.07, 6.45) is 28.8. The molecule has 6 aromatic rings. The third kappa shape index (κ3) is 14.2. The number of piperidine rings is 3. The van der Waals surface area contributed by atoms with E-state index in [1.54, 1.807) is 34.0 Å². The number of amides is 3. The first kappa shape index (κ1) is 52.3. The van der Waals surface area contributed by atoms with Crippen LogP contribution < -0.4 is 16.0 Å². The van der Waals surface area contributed by atoms with Gasteiger partial charge in [0, 0.05) is 112 Å². The minimum atomic E-state index is -0.0692. The number of thiazole rings is 3. The predicted octanol–water partition coefficient (Wildman–Crippen LogP) is 10.0. The minimum Gasteiger partial charge on any atom is -0.302 e. The van der Waals surface area contributed by atoms with Crippen LogP contribution in [0.1, 0.15) is 108 Å². The highest BCUT2D eigenvalue weighted by Crippen LogP contribution is 2.37. The van der Waals surface area contributed by atoms with E-state index in [2.05, 4.69) is 97.0 Å². The van der Waals surface area contributed by atoms with E-state index in [0.29, 0.717) is 33.1 Å². The molecule has 6 aliphatic rings. The van der Waals surface area contributed by atoms with E-state index in [0.717, 1.165) is 95.2 Å². The van der Waals surface area contributed by atoms with Crippen molar-refractivity contribution >= 4 is 85.4 Å². The van der Waals surface area contributed by atoms with Crippen molar-refractivity contribution in [1.29, 1.82) is 0 Å². The van der Waals surface area contributed by atoms with Gasteiger partial charge in [-0.1, -0.05) is 34.9 Å². The van der Waals surface area contributed by atoms with Crippen molar-refractivity contribution in [3.05, 3.63) is 139 Å². The molecule has 3 atom stereocenters. The van der Waals surface area contributed by atoms with E-state index >= 15 is 0 Å². The molecule has 6 aromatic heterocycles. The number of carbonyl (C=O) groups excluding carboxylic acids is 3. The molecule has 3 unspecified atom stereocenters. The molecule has 390 valence electrons. The smallest absolute Gasteiger partial charge is 0.223 e. The van der Waals surface area contributed by atoms with Crippen LogP contribution in [0.4, 0.5) is 15.4 Å². The largest absolute Gasteiger partial charge is 0.302 e. The van der Waals surface area contributed by atoms with Crippen LogP contribution >= 0.6 is 34.0 Å². The van der Waals surface area contributed by atoms with Crippen molar-refractivity contribution in [1.82, 2.24) is 44.6 Å². The fourth-order valence-electron chi connectivity index (χ4n) is 11.3. The second kappa shape index (κ2) is 24.7.